The van der Waals surface area contributed by atoms with Crippen molar-refractivity contribution < 1.29 is 42.2 Å². The normalized spacial score (nSPS) is 15.6. The molecule has 1 N–H and O–H groups in total. The van der Waals surface area contributed by atoms with Crippen LogP contribution in [0, 0.1) is 5.92 Å². The van der Waals surface area contributed by atoms with Gasteiger partial charge in [-0.15, -0.1) is 0 Å². The number of rotatable bonds is 13. The molecule has 2 fully saturated rings. The molecular weight excluding hydrogens is 629 g/mol. The van der Waals surface area contributed by atoms with E-state index < -0.39 is 18.7 Å². The van der Waals surface area contributed by atoms with Crippen LogP contribution in [0.5, 0.6) is 17.2 Å². The molecule has 1 saturated carbocycles. The average Bonchev–Trinajstić information content (AvgIpc) is 3.88. The maximum Gasteiger partial charge on any atom is 0.387 e. The lowest BCUT2D eigenvalue weighted by Gasteiger charge is -2.27. The molecule has 0 bridgehead atoms. The van der Waals surface area contributed by atoms with Gasteiger partial charge in [-0.3, -0.25) is 4.90 Å². The fraction of sp³-hybridized carbons (Fsp3) is 0.455. The topological polar surface area (TPSA) is 80.6 Å². The van der Waals surface area contributed by atoms with Crippen molar-refractivity contribution in [2.24, 2.45) is 5.92 Å². The summed E-state index contributed by atoms with van der Waals surface area (Å²) in [5, 5.41) is 0.710. The van der Waals surface area contributed by atoms with E-state index in [4.69, 9.17) is 46.9 Å². The van der Waals surface area contributed by atoms with Crippen molar-refractivity contribution in [1.29, 1.82) is 0 Å². The first-order valence-electron chi connectivity index (χ1n) is 15.0. The zero-order chi connectivity index (χ0) is 32.3. The highest BCUT2D eigenvalue weighted by Gasteiger charge is 2.27. The second kappa shape index (κ2) is 16.9. The first kappa shape index (κ1) is 34.7. The van der Waals surface area contributed by atoms with Gasteiger partial charge >= 0.3 is 12.6 Å². The Kier molecular flexibility index (Phi) is 13.1. The molecule has 1 aliphatic carbocycles. The highest BCUT2D eigenvalue weighted by molar-refractivity contribution is 6.35. The second-order valence-corrected chi connectivity index (χ2v) is 11.3. The number of benzene rings is 2. The Morgan fingerprint density at radius 2 is 1.71 bits per heavy atom. The predicted octanol–water partition coefficient (Wildman–Crippen LogP) is 7.21. The van der Waals surface area contributed by atoms with E-state index in [1.165, 1.54) is 6.07 Å². The summed E-state index contributed by atoms with van der Waals surface area (Å²) in [6.45, 7) is 4.75. The van der Waals surface area contributed by atoms with Crippen molar-refractivity contribution >= 4 is 29.2 Å². The largest absolute Gasteiger partial charge is 0.496 e. The lowest BCUT2D eigenvalue weighted by Crippen LogP contribution is -2.35. The fourth-order valence-electron chi connectivity index (χ4n) is 4.83. The van der Waals surface area contributed by atoms with Crippen LogP contribution in [-0.4, -0.2) is 57.5 Å². The van der Waals surface area contributed by atoms with Crippen molar-refractivity contribution in [3.05, 3.63) is 81.1 Å². The smallest absolute Gasteiger partial charge is 0.387 e. The summed E-state index contributed by atoms with van der Waals surface area (Å²) in [4.78, 5) is 18.7. The monoisotopic (exact) mass is 667 g/mol. The molecule has 3 aromatic rings. The Bertz CT molecular complexity index is 1400. The van der Waals surface area contributed by atoms with E-state index in [0.29, 0.717) is 64.8 Å². The summed E-state index contributed by atoms with van der Waals surface area (Å²) >= 11 is 12.9. The van der Waals surface area contributed by atoms with E-state index in [2.05, 4.69) is 9.88 Å². The molecule has 0 radical (unpaired) electrons. The molecule has 5 rings (SSSR count). The molecule has 1 unspecified atom stereocenters. The van der Waals surface area contributed by atoms with Gasteiger partial charge in [0.2, 0.25) is 0 Å². The van der Waals surface area contributed by atoms with Gasteiger partial charge < -0.3 is 23.7 Å². The summed E-state index contributed by atoms with van der Waals surface area (Å²) in [6.07, 6.45) is 4.41. The van der Waals surface area contributed by atoms with E-state index >= 15 is 0 Å². The number of ether oxygens (including phenoxy) is 5. The van der Waals surface area contributed by atoms with E-state index in [1.807, 2.05) is 13.8 Å². The number of nitrogens with one attached hydrogen (secondary N) is 1. The third kappa shape index (κ3) is 9.90. The van der Waals surface area contributed by atoms with Gasteiger partial charge in [-0.05, 0) is 54.7 Å². The molecule has 0 amide bonds. The SMILES string of the molecule is CC.COc1ccc(C(=O)OC(Cc2c(Cl)c[nH+]cc2Cl)c2ccc(OC(F)F)c(OCC3CC3)c2)cc1CN1CCOCC1. The van der Waals surface area contributed by atoms with Gasteiger partial charge in [0, 0.05) is 37.2 Å². The number of H-pyrrole nitrogens is 1. The number of nitrogens with zero attached hydrogens (tertiary/aromatic N) is 1. The van der Waals surface area contributed by atoms with Gasteiger partial charge in [0.25, 0.3) is 0 Å². The Morgan fingerprint density at radius 3 is 2.36 bits per heavy atom. The minimum atomic E-state index is -3.03. The number of carbonyl (C=O) groups excluding carboxylic acids is 1. The molecule has 8 nitrogen and oxygen atoms in total. The van der Waals surface area contributed by atoms with Gasteiger partial charge in [-0.25, -0.2) is 9.78 Å². The molecule has 45 heavy (non-hydrogen) atoms. The molecule has 2 heterocycles. The van der Waals surface area contributed by atoms with Crippen molar-refractivity contribution in [2.45, 2.75) is 52.4 Å². The number of halogens is 4. The number of alkyl halides is 2. The maximum atomic E-state index is 13.6. The van der Waals surface area contributed by atoms with Crippen LogP contribution >= 0.6 is 23.2 Å². The highest BCUT2D eigenvalue weighted by Crippen LogP contribution is 2.38. The lowest BCUT2D eigenvalue weighted by atomic mass is 10.0. The molecule has 2 aromatic carbocycles. The third-order valence-corrected chi connectivity index (χ3v) is 8.05. The van der Waals surface area contributed by atoms with Crippen LogP contribution in [0.3, 0.4) is 0 Å². The Balaban J connectivity index is 0.00000226. The Hall–Kier alpha value is -3.18. The summed E-state index contributed by atoms with van der Waals surface area (Å²) in [7, 11) is 1.58. The number of pyridine rings is 1. The number of aromatic amines is 1. The first-order chi connectivity index (χ1) is 21.8. The van der Waals surface area contributed by atoms with Crippen LogP contribution in [-0.2, 0) is 22.4 Å². The quantitative estimate of drug-likeness (QED) is 0.178. The zero-order valence-electron chi connectivity index (χ0n) is 25.6. The zero-order valence-corrected chi connectivity index (χ0v) is 27.1. The highest BCUT2D eigenvalue weighted by atomic mass is 35.5. The molecule has 1 aromatic heterocycles. The van der Waals surface area contributed by atoms with E-state index in [-0.39, 0.29) is 17.9 Å². The van der Waals surface area contributed by atoms with Crippen LogP contribution in [0.4, 0.5) is 8.78 Å². The van der Waals surface area contributed by atoms with Gasteiger partial charge in [-0.1, -0.05) is 43.1 Å². The molecule has 1 atom stereocenters. The van der Waals surface area contributed by atoms with Gasteiger partial charge in [0.05, 0.1) is 32.5 Å². The van der Waals surface area contributed by atoms with Gasteiger partial charge in [0.15, 0.2) is 23.9 Å². The Labute approximate surface area is 272 Å². The number of esters is 1. The lowest BCUT2D eigenvalue weighted by molar-refractivity contribution is -0.377. The summed E-state index contributed by atoms with van der Waals surface area (Å²) in [6, 6.07) is 9.65. The summed E-state index contributed by atoms with van der Waals surface area (Å²) in [5.74, 6) is 0.487. The predicted molar refractivity (Wildman–Crippen MR) is 167 cm³/mol. The van der Waals surface area contributed by atoms with E-state index in [0.717, 1.165) is 31.5 Å². The van der Waals surface area contributed by atoms with Crippen LogP contribution in [0.25, 0.3) is 0 Å². The molecule has 244 valence electrons. The Morgan fingerprint density at radius 1 is 1.02 bits per heavy atom. The third-order valence-electron chi connectivity index (χ3n) is 7.38. The molecular formula is C33H39Cl2F2N2O6+. The minimum absolute atomic E-state index is 0.0993. The maximum absolute atomic E-state index is 13.6. The van der Waals surface area contributed by atoms with Gasteiger partial charge in [-0.2, -0.15) is 8.78 Å². The summed E-state index contributed by atoms with van der Waals surface area (Å²) in [5.41, 5.74) is 2.22. The van der Waals surface area contributed by atoms with Crippen LogP contribution in [0.15, 0.2) is 48.8 Å². The molecule has 12 heteroatoms. The average molecular weight is 669 g/mol. The van der Waals surface area contributed by atoms with Gasteiger partial charge in [0.1, 0.15) is 21.9 Å². The molecule has 2 aliphatic rings. The van der Waals surface area contributed by atoms with Crippen LogP contribution in [0.1, 0.15) is 59.8 Å². The first-order valence-corrected chi connectivity index (χ1v) is 15.8. The van der Waals surface area contributed by atoms with Crippen molar-refractivity contribution in [3.63, 3.8) is 0 Å². The molecule has 1 aliphatic heterocycles. The number of aromatic nitrogens is 1. The molecule has 0 spiro atoms. The standard InChI is InChI=1S/C31H32Cl2F2N2O6.C2H6/c1-39-26-6-5-21(12-22(26)17-37-8-10-40-11-9-37)30(38)42-28(14-23-24(32)15-36-16-25(23)33)20-4-7-27(43-31(34)35)29(13-20)41-18-19-2-3-19;1-2/h4-7,12-13,15-16,19,28,31H,2-3,8-11,14,17-18H2,1H3;1-2H3/p+1. The van der Waals surface area contributed by atoms with Crippen LogP contribution < -0.4 is 19.2 Å². The van der Waals surface area contributed by atoms with Crippen molar-refractivity contribution in [3.8, 4) is 17.2 Å². The van der Waals surface area contributed by atoms with E-state index in [9.17, 15) is 13.6 Å². The number of hydrogen-bond donors (Lipinski definition) is 0. The second-order valence-electron chi connectivity index (χ2n) is 10.5. The molecule has 1 saturated heterocycles. The number of methoxy groups -OCH3 is 1. The van der Waals surface area contributed by atoms with Crippen molar-refractivity contribution in [2.75, 3.05) is 40.0 Å². The fourth-order valence-corrected chi connectivity index (χ4v) is 5.37. The van der Waals surface area contributed by atoms with Crippen molar-refractivity contribution in [1.82, 2.24) is 4.90 Å². The number of carbonyl (C=O) groups is 1. The number of morpholine rings is 1. The minimum Gasteiger partial charge on any atom is -0.496 e. The van der Waals surface area contributed by atoms with Crippen LogP contribution in [0.2, 0.25) is 10.0 Å². The van der Waals surface area contributed by atoms with E-state index in [1.54, 1.807) is 49.8 Å². The number of hydrogen-bond acceptors (Lipinski definition) is 7. The summed E-state index contributed by atoms with van der Waals surface area (Å²) < 4.78 is 53.9.